The van der Waals surface area contributed by atoms with Gasteiger partial charge in [0.05, 0.1) is 10.0 Å². The van der Waals surface area contributed by atoms with Gasteiger partial charge in [0.15, 0.2) is 0 Å². The predicted molar refractivity (Wildman–Crippen MR) is 64.2 cm³/mol. The number of nitrogens with zero attached hydrogens (tertiary/aromatic N) is 1. The molecule has 1 aliphatic heterocycles. The zero-order valence-corrected chi connectivity index (χ0v) is 10.4. The smallest absolute Gasteiger partial charge is 0.275 e. The standard InChI is InChI=1S/C10H7Cl2N3O3/c11-6-2-1-5(3-7(6)12)9(17)14-15-4-8(16)13-10(15)18/h1-3H,4H2,(H,14,17)(H,13,16,18). The Kier molecular flexibility index (Phi) is 3.40. The second-order valence-corrected chi connectivity index (χ2v) is 4.32. The third-order valence-corrected chi connectivity index (χ3v) is 2.95. The molecule has 0 saturated carbocycles. The van der Waals surface area contributed by atoms with Crippen LogP contribution in [0.4, 0.5) is 4.79 Å². The highest BCUT2D eigenvalue weighted by Gasteiger charge is 2.28. The molecule has 4 amide bonds. The highest BCUT2D eigenvalue weighted by Crippen LogP contribution is 2.22. The summed E-state index contributed by atoms with van der Waals surface area (Å²) in [5, 5.41) is 3.46. The van der Waals surface area contributed by atoms with E-state index in [0.717, 1.165) is 5.01 Å². The zero-order chi connectivity index (χ0) is 13.3. The lowest BCUT2D eigenvalue weighted by molar-refractivity contribution is -0.118. The summed E-state index contributed by atoms with van der Waals surface area (Å²) in [6.07, 6.45) is 0. The summed E-state index contributed by atoms with van der Waals surface area (Å²) >= 11 is 11.5. The molecule has 2 N–H and O–H groups in total. The Hall–Kier alpha value is -1.79. The lowest BCUT2D eigenvalue weighted by Gasteiger charge is -2.14. The SMILES string of the molecule is O=C1CN(NC(=O)c2ccc(Cl)c(Cl)c2)C(=O)N1. The fraction of sp³-hybridized carbons (Fsp3) is 0.100. The zero-order valence-electron chi connectivity index (χ0n) is 8.87. The lowest BCUT2D eigenvalue weighted by atomic mass is 10.2. The molecule has 0 aliphatic carbocycles. The molecule has 94 valence electrons. The molecule has 18 heavy (non-hydrogen) atoms. The molecule has 0 spiro atoms. The number of halogens is 2. The largest absolute Gasteiger partial charge is 0.343 e. The van der Waals surface area contributed by atoms with Gasteiger partial charge in [-0.05, 0) is 18.2 Å². The van der Waals surface area contributed by atoms with Gasteiger partial charge >= 0.3 is 6.03 Å². The second kappa shape index (κ2) is 4.83. The van der Waals surface area contributed by atoms with E-state index in [1.807, 2.05) is 5.32 Å². The first-order valence-electron chi connectivity index (χ1n) is 4.85. The van der Waals surface area contributed by atoms with Gasteiger partial charge < -0.3 is 0 Å². The fourth-order valence-corrected chi connectivity index (χ4v) is 1.65. The average molecular weight is 288 g/mol. The molecule has 1 heterocycles. The Morgan fingerprint density at radius 2 is 2.00 bits per heavy atom. The van der Waals surface area contributed by atoms with Crippen LogP contribution in [0.25, 0.3) is 0 Å². The first-order valence-corrected chi connectivity index (χ1v) is 5.60. The summed E-state index contributed by atoms with van der Waals surface area (Å²) in [5.41, 5.74) is 2.51. The maximum Gasteiger partial charge on any atom is 0.343 e. The average Bonchev–Trinajstić information content (AvgIpc) is 2.61. The Labute approximate surface area is 112 Å². The Balaban J connectivity index is 2.10. The Bertz CT molecular complexity index is 547. The molecule has 2 rings (SSSR count). The number of amides is 4. The van der Waals surface area contributed by atoms with Crippen molar-refractivity contribution in [2.75, 3.05) is 6.54 Å². The highest BCUT2D eigenvalue weighted by atomic mass is 35.5. The monoisotopic (exact) mass is 287 g/mol. The van der Waals surface area contributed by atoms with Crippen LogP contribution in [0.2, 0.25) is 10.0 Å². The van der Waals surface area contributed by atoms with Gasteiger partial charge in [-0.25, -0.2) is 9.80 Å². The van der Waals surface area contributed by atoms with Crippen molar-refractivity contribution in [2.24, 2.45) is 0 Å². The molecule has 8 heteroatoms. The summed E-state index contributed by atoms with van der Waals surface area (Å²) in [7, 11) is 0. The van der Waals surface area contributed by atoms with E-state index in [2.05, 4.69) is 5.43 Å². The van der Waals surface area contributed by atoms with Crippen molar-refractivity contribution < 1.29 is 14.4 Å². The van der Waals surface area contributed by atoms with Gasteiger partial charge in [-0.3, -0.25) is 20.3 Å². The first kappa shape index (κ1) is 12.7. The molecule has 6 nitrogen and oxygen atoms in total. The lowest BCUT2D eigenvalue weighted by Crippen LogP contribution is -2.44. The van der Waals surface area contributed by atoms with Crippen LogP contribution >= 0.6 is 23.2 Å². The van der Waals surface area contributed by atoms with E-state index in [4.69, 9.17) is 23.2 Å². The molecule has 1 saturated heterocycles. The van der Waals surface area contributed by atoms with E-state index >= 15 is 0 Å². The van der Waals surface area contributed by atoms with Crippen LogP contribution in [0.5, 0.6) is 0 Å². The molecule has 1 aromatic carbocycles. The normalized spacial score (nSPS) is 14.7. The van der Waals surface area contributed by atoms with Crippen molar-refractivity contribution in [3.8, 4) is 0 Å². The van der Waals surface area contributed by atoms with E-state index in [1.165, 1.54) is 18.2 Å². The summed E-state index contributed by atoms with van der Waals surface area (Å²) in [6.45, 7) is -0.216. The molecular weight excluding hydrogens is 281 g/mol. The Morgan fingerprint density at radius 1 is 1.28 bits per heavy atom. The van der Waals surface area contributed by atoms with Crippen molar-refractivity contribution in [3.05, 3.63) is 33.8 Å². The molecular formula is C10H7Cl2N3O3. The maximum absolute atomic E-state index is 11.8. The molecule has 0 unspecified atom stereocenters. The number of carbonyl (C=O) groups is 3. The van der Waals surface area contributed by atoms with Gasteiger partial charge in [0.25, 0.3) is 5.91 Å². The second-order valence-electron chi connectivity index (χ2n) is 3.51. The number of hydrazine groups is 1. The number of carbonyl (C=O) groups excluding carboxylic acids is 3. The van der Waals surface area contributed by atoms with Crippen LogP contribution in [0, 0.1) is 0 Å². The van der Waals surface area contributed by atoms with Gasteiger partial charge in [-0.1, -0.05) is 23.2 Å². The molecule has 1 fully saturated rings. The van der Waals surface area contributed by atoms with Gasteiger partial charge in [0, 0.05) is 5.56 Å². The number of hydrogen-bond acceptors (Lipinski definition) is 3. The van der Waals surface area contributed by atoms with Crippen LogP contribution < -0.4 is 10.7 Å². The minimum absolute atomic E-state index is 0.216. The number of imide groups is 1. The van der Waals surface area contributed by atoms with Crippen molar-refractivity contribution in [1.29, 1.82) is 0 Å². The number of urea groups is 1. The minimum atomic E-state index is -0.673. The number of nitrogens with one attached hydrogen (secondary N) is 2. The Morgan fingerprint density at radius 3 is 2.56 bits per heavy atom. The number of benzene rings is 1. The van der Waals surface area contributed by atoms with Gasteiger partial charge in [-0.15, -0.1) is 0 Å². The van der Waals surface area contributed by atoms with Crippen molar-refractivity contribution in [2.45, 2.75) is 0 Å². The van der Waals surface area contributed by atoms with Crippen LogP contribution in [0.1, 0.15) is 10.4 Å². The van der Waals surface area contributed by atoms with E-state index in [0.29, 0.717) is 5.02 Å². The van der Waals surface area contributed by atoms with Crippen molar-refractivity contribution in [3.63, 3.8) is 0 Å². The third-order valence-electron chi connectivity index (χ3n) is 2.21. The number of hydrogen-bond donors (Lipinski definition) is 2. The van der Waals surface area contributed by atoms with E-state index in [-0.39, 0.29) is 17.1 Å². The van der Waals surface area contributed by atoms with Crippen LogP contribution in [-0.2, 0) is 4.79 Å². The number of rotatable bonds is 2. The molecule has 1 aromatic rings. The quantitative estimate of drug-likeness (QED) is 0.802. The molecule has 0 radical (unpaired) electrons. The van der Waals surface area contributed by atoms with E-state index in [9.17, 15) is 14.4 Å². The summed E-state index contributed by atoms with van der Waals surface area (Å²) in [4.78, 5) is 33.9. The maximum atomic E-state index is 11.8. The van der Waals surface area contributed by atoms with Gasteiger partial charge in [-0.2, -0.15) is 0 Å². The third kappa shape index (κ3) is 2.55. The van der Waals surface area contributed by atoms with Crippen LogP contribution in [0.15, 0.2) is 18.2 Å². The fourth-order valence-electron chi connectivity index (χ4n) is 1.36. The van der Waals surface area contributed by atoms with E-state index in [1.54, 1.807) is 0 Å². The topological polar surface area (TPSA) is 78.5 Å². The molecule has 1 aliphatic rings. The first-order chi connectivity index (χ1) is 8.47. The minimum Gasteiger partial charge on any atom is -0.275 e. The van der Waals surface area contributed by atoms with Gasteiger partial charge in [0.1, 0.15) is 6.54 Å². The van der Waals surface area contributed by atoms with Crippen molar-refractivity contribution in [1.82, 2.24) is 15.8 Å². The molecule has 0 bridgehead atoms. The summed E-state index contributed by atoms with van der Waals surface area (Å²) < 4.78 is 0. The predicted octanol–water partition coefficient (Wildman–Crippen LogP) is 1.19. The van der Waals surface area contributed by atoms with Gasteiger partial charge in [0.2, 0.25) is 5.91 Å². The molecule has 0 atom stereocenters. The van der Waals surface area contributed by atoms with Crippen LogP contribution in [-0.4, -0.2) is 29.4 Å². The van der Waals surface area contributed by atoms with Crippen LogP contribution in [0.3, 0.4) is 0 Å². The van der Waals surface area contributed by atoms with Crippen molar-refractivity contribution >= 4 is 41.0 Å². The molecule has 0 aromatic heterocycles. The highest BCUT2D eigenvalue weighted by molar-refractivity contribution is 6.42. The van der Waals surface area contributed by atoms with E-state index < -0.39 is 17.8 Å². The summed E-state index contributed by atoms with van der Waals surface area (Å²) in [6, 6.07) is 3.62. The summed E-state index contributed by atoms with van der Waals surface area (Å²) in [5.74, 6) is -1.03.